The first-order chi connectivity index (χ1) is 30.3. The van der Waals surface area contributed by atoms with Crippen LogP contribution in [-0.2, 0) is 9.59 Å². The molecule has 0 saturated carbocycles. The Morgan fingerprint density at radius 2 is 1.30 bits per heavy atom. The molecule has 0 radical (unpaired) electrons. The lowest BCUT2D eigenvalue weighted by Gasteiger charge is -2.19. The summed E-state index contributed by atoms with van der Waals surface area (Å²) in [4.78, 5) is 57.9. The Hall–Kier alpha value is -7.29. The van der Waals surface area contributed by atoms with Gasteiger partial charge in [0.15, 0.2) is 11.5 Å². The summed E-state index contributed by atoms with van der Waals surface area (Å²) in [6.45, 7) is 3.77. The van der Waals surface area contributed by atoms with Gasteiger partial charge in [0.1, 0.15) is 11.5 Å². The quantitative estimate of drug-likeness (QED) is 0.0764. The monoisotopic (exact) mass is 888 g/mol. The van der Waals surface area contributed by atoms with Gasteiger partial charge in [-0.2, -0.15) is 0 Å². The summed E-state index contributed by atoms with van der Waals surface area (Å²) >= 11 is 12.3. The largest absolute Gasteiger partial charge is 0.497 e. The Kier molecular flexibility index (Phi) is 15.1. The van der Waals surface area contributed by atoms with Gasteiger partial charge >= 0.3 is 11.9 Å². The molecule has 7 aromatic rings. The molecule has 2 amide bonds. The van der Waals surface area contributed by atoms with Gasteiger partial charge in [0.05, 0.1) is 47.8 Å². The van der Waals surface area contributed by atoms with E-state index in [2.05, 4.69) is 25.7 Å². The molecule has 14 nitrogen and oxygen atoms in total. The summed E-state index contributed by atoms with van der Waals surface area (Å²) in [7, 11) is 1.52. The van der Waals surface area contributed by atoms with E-state index in [1.165, 1.54) is 7.11 Å². The standard InChI is InChI=1S/C25H22N4O4.C22H20Cl2N2O4/c1-33-20-14-8-11-18(15-20)21(16-22(30)31)26-25(32)23-27-24(17-9-4-2-5-10-17)29(28-23)19-12-6-3-7-13-19;1-12(2)20-19(26-22(30-20)13-7-4-3-5-8-13)21(29)25-16(11-17(27)28)14-9-6-10-15(23)18(14)24/h2-15,21H,16H2,1H3,(H,26,32)(H,30,31);3-10,12,16H,11H2,1-2H3,(H,25,29)(H,27,28)/t21-;16-/m00/s1. The van der Waals surface area contributed by atoms with Crippen LogP contribution in [0, 0.1) is 0 Å². The summed E-state index contributed by atoms with van der Waals surface area (Å²) in [6.07, 6.45) is -0.671. The maximum Gasteiger partial charge on any atom is 0.305 e. The third-order valence-corrected chi connectivity index (χ3v) is 10.3. The van der Waals surface area contributed by atoms with E-state index in [-0.39, 0.29) is 40.3 Å². The topological polar surface area (TPSA) is 199 Å². The van der Waals surface area contributed by atoms with Crippen LogP contribution >= 0.6 is 23.2 Å². The fourth-order valence-electron chi connectivity index (χ4n) is 6.46. The molecule has 0 saturated heterocycles. The van der Waals surface area contributed by atoms with Crippen LogP contribution in [0.4, 0.5) is 0 Å². The highest BCUT2D eigenvalue weighted by Gasteiger charge is 2.28. The first-order valence-electron chi connectivity index (χ1n) is 19.6. The van der Waals surface area contributed by atoms with Crippen LogP contribution in [0.2, 0.25) is 10.0 Å². The third kappa shape index (κ3) is 11.6. The molecule has 0 spiro atoms. The van der Waals surface area contributed by atoms with E-state index in [4.69, 9.17) is 32.4 Å². The lowest BCUT2D eigenvalue weighted by molar-refractivity contribution is -0.138. The van der Waals surface area contributed by atoms with E-state index in [0.717, 1.165) is 16.8 Å². The molecule has 0 aliphatic rings. The van der Waals surface area contributed by atoms with Crippen molar-refractivity contribution in [2.75, 3.05) is 7.11 Å². The zero-order valence-electron chi connectivity index (χ0n) is 34.2. The van der Waals surface area contributed by atoms with Crippen LogP contribution in [0.5, 0.6) is 5.75 Å². The maximum atomic E-state index is 13.1. The van der Waals surface area contributed by atoms with Gasteiger partial charge in [-0.3, -0.25) is 19.2 Å². The Morgan fingerprint density at radius 3 is 1.92 bits per heavy atom. The molecule has 0 aliphatic heterocycles. The predicted octanol–water partition coefficient (Wildman–Crippen LogP) is 9.61. The molecule has 63 heavy (non-hydrogen) atoms. The number of oxazole rings is 1. The van der Waals surface area contributed by atoms with Crippen molar-refractivity contribution in [2.45, 2.75) is 44.7 Å². The van der Waals surface area contributed by atoms with E-state index in [9.17, 15) is 29.4 Å². The maximum absolute atomic E-state index is 13.1. The molecule has 2 aromatic heterocycles. The van der Waals surface area contributed by atoms with Gasteiger partial charge < -0.3 is 30.0 Å². The molecule has 5 aromatic carbocycles. The molecule has 322 valence electrons. The first-order valence-corrected chi connectivity index (χ1v) is 20.4. The van der Waals surface area contributed by atoms with Crippen molar-refractivity contribution in [2.24, 2.45) is 0 Å². The fourth-order valence-corrected chi connectivity index (χ4v) is 6.90. The smallest absolute Gasteiger partial charge is 0.305 e. The molecule has 2 heterocycles. The van der Waals surface area contributed by atoms with Crippen molar-refractivity contribution in [1.29, 1.82) is 0 Å². The number of halogens is 2. The van der Waals surface area contributed by atoms with Gasteiger partial charge in [-0.05, 0) is 53.6 Å². The van der Waals surface area contributed by atoms with Gasteiger partial charge in [0.2, 0.25) is 11.7 Å². The summed E-state index contributed by atoms with van der Waals surface area (Å²) in [5.41, 5.74) is 3.41. The SMILES string of the molecule is CC(C)c1oc(-c2ccccc2)nc1C(=O)N[C@@H](CC(=O)O)c1cccc(Cl)c1Cl.COc1cccc([C@H](CC(=O)O)NC(=O)c2nc(-c3ccccc3)n(-c3ccccc3)n2)c1. The van der Waals surface area contributed by atoms with Crippen LogP contribution in [-0.4, -0.2) is 60.8 Å². The van der Waals surface area contributed by atoms with Gasteiger partial charge in [-0.25, -0.2) is 14.6 Å². The van der Waals surface area contributed by atoms with E-state index < -0.39 is 35.8 Å². The second-order valence-corrected chi connectivity index (χ2v) is 15.1. The van der Waals surface area contributed by atoms with Crippen LogP contribution in [0.1, 0.15) is 82.7 Å². The Morgan fingerprint density at radius 1 is 0.714 bits per heavy atom. The van der Waals surface area contributed by atoms with Crippen LogP contribution in [0.3, 0.4) is 0 Å². The van der Waals surface area contributed by atoms with Crippen LogP contribution in [0.15, 0.2) is 138 Å². The molecule has 7 rings (SSSR count). The number of nitrogens with zero attached hydrogens (tertiary/aromatic N) is 4. The highest BCUT2D eigenvalue weighted by molar-refractivity contribution is 6.42. The molecular formula is C47H42Cl2N6O8. The van der Waals surface area contributed by atoms with Crippen LogP contribution in [0.25, 0.3) is 28.5 Å². The number of carbonyl (C=O) groups excluding carboxylic acids is 2. The lowest BCUT2D eigenvalue weighted by atomic mass is 10.0. The van der Waals surface area contributed by atoms with E-state index >= 15 is 0 Å². The summed E-state index contributed by atoms with van der Waals surface area (Å²) < 4.78 is 12.7. The van der Waals surface area contributed by atoms with E-state index in [0.29, 0.717) is 34.4 Å². The van der Waals surface area contributed by atoms with Gasteiger partial charge in [0, 0.05) is 17.0 Å². The van der Waals surface area contributed by atoms with Gasteiger partial charge in [-0.15, -0.1) is 5.10 Å². The predicted molar refractivity (Wildman–Crippen MR) is 237 cm³/mol. The first kappa shape index (κ1) is 45.2. The molecule has 0 unspecified atom stereocenters. The summed E-state index contributed by atoms with van der Waals surface area (Å²) in [5, 5.41) is 29.1. The molecule has 16 heteroatoms. The number of para-hydroxylation sites is 1. The number of nitrogens with one attached hydrogen (secondary N) is 2. The number of rotatable bonds is 15. The number of aromatic nitrogens is 4. The molecule has 0 fully saturated rings. The Bertz CT molecular complexity index is 2630. The molecule has 4 N–H and O–H groups in total. The fraction of sp³-hybridized carbons (Fsp3) is 0.170. The number of benzene rings is 5. The van der Waals surface area contributed by atoms with Crippen molar-refractivity contribution in [3.8, 4) is 34.3 Å². The number of hydrogen-bond donors (Lipinski definition) is 4. The number of ether oxygens (including phenoxy) is 1. The minimum Gasteiger partial charge on any atom is -0.497 e. The minimum absolute atomic E-state index is 0.0593. The zero-order chi connectivity index (χ0) is 45.0. The lowest BCUT2D eigenvalue weighted by Crippen LogP contribution is -2.31. The summed E-state index contributed by atoms with van der Waals surface area (Å²) in [6, 6.07) is 38.1. The zero-order valence-corrected chi connectivity index (χ0v) is 35.7. The Balaban J connectivity index is 0.000000211. The molecule has 2 atom stereocenters. The van der Waals surface area contributed by atoms with Crippen molar-refractivity contribution < 1.29 is 38.5 Å². The average molecular weight is 890 g/mol. The highest BCUT2D eigenvalue weighted by atomic mass is 35.5. The van der Waals surface area contributed by atoms with Gasteiger partial charge in [-0.1, -0.05) is 128 Å². The highest BCUT2D eigenvalue weighted by Crippen LogP contribution is 2.33. The minimum atomic E-state index is -1.09. The third-order valence-electron chi connectivity index (χ3n) is 9.48. The van der Waals surface area contributed by atoms with Crippen molar-refractivity contribution in [1.82, 2.24) is 30.4 Å². The van der Waals surface area contributed by atoms with E-state index in [1.807, 2.05) is 105 Å². The van der Waals surface area contributed by atoms with Crippen LogP contribution < -0.4 is 15.4 Å². The number of carboxylic acid groups (broad SMARTS) is 2. The second kappa shape index (κ2) is 21.0. The number of carboxylic acids is 2. The molecular weight excluding hydrogens is 847 g/mol. The van der Waals surface area contributed by atoms with Gasteiger partial charge in [0.25, 0.3) is 11.8 Å². The normalized spacial score (nSPS) is 11.8. The number of carbonyl (C=O) groups is 4. The summed E-state index contributed by atoms with van der Waals surface area (Å²) in [5.74, 6) is -1.63. The number of hydrogen-bond acceptors (Lipinski definition) is 9. The number of amides is 2. The second-order valence-electron chi connectivity index (χ2n) is 14.3. The Labute approximate surface area is 372 Å². The number of aliphatic carboxylic acids is 2. The van der Waals surface area contributed by atoms with Crippen molar-refractivity contribution >= 4 is 47.0 Å². The van der Waals surface area contributed by atoms with Crippen molar-refractivity contribution in [3.05, 3.63) is 172 Å². The molecule has 0 bridgehead atoms. The van der Waals surface area contributed by atoms with Crippen molar-refractivity contribution in [3.63, 3.8) is 0 Å². The molecule has 0 aliphatic carbocycles. The van der Waals surface area contributed by atoms with E-state index in [1.54, 1.807) is 47.1 Å². The number of methoxy groups -OCH3 is 1. The average Bonchev–Trinajstić information content (AvgIpc) is 3.95.